The van der Waals surface area contributed by atoms with Gasteiger partial charge in [-0.2, -0.15) is 9.44 Å². The van der Waals surface area contributed by atoms with E-state index in [1.54, 1.807) is 35.7 Å². The minimum atomic E-state index is -4.17. The molecule has 0 aliphatic rings. The molecule has 0 saturated heterocycles. The molecule has 7 nitrogen and oxygen atoms in total. The lowest BCUT2D eigenvalue weighted by atomic mass is 10.2. The lowest BCUT2D eigenvalue weighted by molar-refractivity contribution is 0.0951. The summed E-state index contributed by atoms with van der Waals surface area (Å²) in [6.07, 6.45) is -1.71. The van der Waals surface area contributed by atoms with Crippen LogP contribution in [0, 0.1) is 13.8 Å². The molecule has 0 atom stereocenters. The van der Waals surface area contributed by atoms with Crippen LogP contribution in [0.3, 0.4) is 0 Å². The third kappa shape index (κ3) is 5.21. The highest BCUT2D eigenvalue weighted by Gasteiger charge is 2.31. The number of carbonyl (C=O) groups excluding carboxylic acids is 1. The van der Waals surface area contributed by atoms with Gasteiger partial charge in [0.2, 0.25) is 25.8 Å². The lowest BCUT2D eigenvalue weighted by Crippen LogP contribution is -2.52. The Morgan fingerprint density at radius 2 is 1.20 bits per heavy atom. The van der Waals surface area contributed by atoms with Crippen molar-refractivity contribution in [3.05, 3.63) is 82.0 Å². The van der Waals surface area contributed by atoms with Gasteiger partial charge in [0.15, 0.2) is 0 Å². The molecule has 0 fully saturated rings. The van der Waals surface area contributed by atoms with Crippen molar-refractivity contribution in [2.75, 3.05) is 0 Å². The number of Topliss-reactive ketones (excluding diaryl/α,β-unsaturated/α-hetero) is 1. The van der Waals surface area contributed by atoms with E-state index >= 15 is 0 Å². The van der Waals surface area contributed by atoms with Crippen LogP contribution in [0.5, 0.6) is 0 Å². The molecule has 30 heavy (non-hydrogen) atoms. The van der Waals surface area contributed by atoms with Crippen LogP contribution in [0.25, 0.3) is 0 Å². The fraction of sp³-hybridized carbons (Fsp3) is 0.150. The molecule has 0 saturated carbocycles. The van der Waals surface area contributed by atoms with Gasteiger partial charge in [0.25, 0.3) is 0 Å². The summed E-state index contributed by atoms with van der Waals surface area (Å²) in [7, 11) is -8.33. The first-order chi connectivity index (χ1) is 14.1. The summed E-state index contributed by atoms with van der Waals surface area (Å²) in [6, 6.07) is 15.1. The Labute approximate surface area is 179 Å². The fourth-order valence-corrected chi connectivity index (χ4v) is 5.56. The van der Waals surface area contributed by atoms with Gasteiger partial charge in [-0.3, -0.25) is 4.79 Å². The first-order valence-electron chi connectivity index (χ1n) is 8.84. The highest BCUT2D eigenvalue weighted by molar-refractivity contribution is 7.90. The van der Waals surface area contributed by atoms with Gasteiger partial charge in [-0.05, 0) is 49.6 Å². The molecule has 0 radical (unpaired) electrons. The van der Waals surface area contributed by atoms with Gasteiger partial charge in [-0.1, -0.05) is 41.5 Å². The zero-order valence-electron chi connectivity index (χ0n) is 16.2. The van der Waals surface area contributed by atoms with E-state index in [0.29, 0.717) is 0 Å². The monoisotopic (exact) mass is 464 g/mol. The third-order valence-electron chi connectivity index (χ3n) is 4.23. The van der Waals surface area contributed by atoms with E-state index in [4.69, 9.17) is 0 Å². The molecule has 0 unspecified atom stereocenters. The average molecular weight is 465 g/mol. The molecule has 0 bridgehead atoms. The third-order valence-corrected chi connectivity index (χ3v) is 8.00. The maximum Gasteiger partial charge on any atom is 0.242 e. The van der Waals surface area contributed by atoms with Crippen molar-refractivity contribution in [3.63, 3.8) is 0 Å². The minimum absolute atomic E-state index is 0.0772. The molecule has 1 heterocycles. The number of ketones is 1. The van der Waals surface area contributed by atoms with Crippen LogP contribution in [0.15, 0.2) is 75.8 Å². The molecule has 3 rings (SSSR count). The molecule has 3 aromatic rings. The highest BCUT2D eigenvalue weighted by atomic mass is 32.2. The first kappa shape index (κ1) is 22.3. The Morgan fingerprint density at radius 3 is 1.57 bits per heavy atom. The Kier molecular flexibility index (Phi) is 6.53. The van der Waals surface area contributed by atoms with Gasteiger partial charge in [0, 0.05) is 0 Å². The number of hydrogen-bond acceptors (Lipinski definition) is 6. The normalized spacial score (nSPS) is 12.2. The van der Waals surface area contributed by atoms with Crippen LogP contribution in [-0.2, 0) is 20.0 Å². The Hall–Kier alpha value is -2.37. The fourth-order valence-electron chi connectivity index (χ4n) is 2.57. The van der Waals surface area contributed by atoms with Crippen molar-refractivity contribution < 1.29 is 21.6 Å². The van der Waals surface area contributed by atoms with Crippen LogP contribution in [0.2, 0.25) is 0 Å². The standard InChI is InChI=1S/C20H20N2O5S3/c1-14-5-9-16(10-6-14)29(24,25)21-20(19(23)18-4-3-13-28-18)22-30(26,27)17-11-7-15(2)8-12-17/h3-13,20-22H,1-2H3. The van der Waals surface area contributed by atoms with Crippen molar-refractivity contribution in [1.82, 2.24) is 9.44 Å². The van der Waals surface area contributed by atoms with Gasteiger partial charge in [0.05, 0.1) is 14.7 Å². The predicted molar refractivity (Wildman–Crippen MR) is 115 cm³/mol. The quantitative estimate of drug-likeness (QED) is 0.394. The number of nitrogens with one attached hydrogen (secondary N) is 2. The number of rotatable bonds is 8. The Balaban J connectivity index is 1.95. The maximum atomic E-state index is 12.9. The SMILES string of the molecule is Cc1ccc(S(=O)(=O)NC(NS(=O)(=O)c2ccc(C)cc2)C(=O)c2cccs2)cc1. The Morgan fingerprint density at radius 1 is 0.767 bits per heavy atom. The van der Waals surface area contributed by atoms with Crippen LogP contribution >= 0.6 is 11.3 Å². The summed E-state index contributed by atoms with van der Waals surface area (Å²) in [6.45, 7) is 3.62. The molecule has 0 aliphatic carbocycles. The second kappa shape index (κ2) is 8.78. The largest absolute Gasteiger partial charge is 0.290 e. The smallest absolute Gasteiger partial charge is 0.242 e. The molecule has 0 aliphatic heterocycles. The summed E-state index contributed by atoms with van der Waals surface area (Å²) in [5, 5.41) is 1.65. The van der Waals surface area contributed by atoms with E-state index in [1.807, 2.05) is 13.8 Å². The summed E-state index contributed by atoms with van der Waals surface area (Å²) < 4.78 is 55.6. The number of carbonyl (C=O) groups is 1. The first-order valence-corrected chi connectivity index (χ1v) is 12.7. The van der Waals surface area contributed by atoms with E-state index in [1.165, 1.54) is 30.3 Å². The molecular weight excluding hydrogens is 444 g/mol. The van der Waals surface area contributed by atoms with Gasteiger partial charge in [0.1, 0.15) is 6.17 Å². The minimum Gasteiger partial charge on any atom is -0.290 e. The van der Waals surface area contributed by atoms with Gasteiger partial charge < -0.3 is 0 Å². The molecule has 0 spiro atoms. The van der Waals surface area contributed by atoms with Crippen LogP contribution in [0.4, 0.5) is 0 Å². The molecule has 1 aromatic heterocycles. The molecular formula is C20H20N2O5S3. The van der Waals surface area contributed by atoms with E-state index in [0.717, 1.165) is 22.5 Å². The van der Waals surface area contributed by atoms with E-state index in [-0.39, 0.29) is 14.7 Å². The summed E-state index contributed by atoms with van der Waals surface area (Å²) in [4.78, 5) is 13.0. The number of sulfonamides is 2. The van der Waals surface area contributed by atoms with Crippen LogP contribution < -0.4 is 9.44 Å². The zero-order chi connectivity index (χ0) is 21.9. The summed E-state index contributed by atoms with van der Waals surface area (Å²) in [5.41, 5.74) is 1.72. The molecule has 10 heteroatoms. The van der Waals surface area contributed by atoms with E-state index in [9.17, 15) is 21.6 Å². The predicted octanol–water partition coefficient (Wildman–Crippen LogP) is 2.83. The second-order valence-electron chi connectivity index (χ2n) is 6.64. The average Bonchev–Trinajstić information content (AvgIpc) is 3.22. The number of aryl methyl sites for hydroxylation is 2. The topological polar surface area (TPSA) is 109 Å². The van der Waals surface area contributed by atoms with Crippen molar-refractivity contribution in [2.24, 2.45) is 0 Å². The molecule has 158 valence electrons. The van der Waals surface area contributed by atoms with Gasteiger partial charge >= 0.3 is 0 Å². The van der Waals surface area contributed by atoms with Crippen molar-refractivity contribution in [3.8, 4) is 0 Å². The highest BCUT2D eigenvalue weighted by Crippen LogP contribution is 2.17. The van der Waals surface area contributed by atoms with Crippen LogP contribution in [0.1, 0.15) is 20.8 Å². The van der Waals surface area contributed by atoms with Crippen molar-refractivity contribution in [2.45, 2.75) is 29.8 Å². The molecule has 2 aromatic carbocycles. The maximum absolute atomic E-state index is 12.9. The van der Waals surface area contributed by atoms with Crippen LogP contribution in [-0.4, -0.2) is 28.8 Å². The summed E-state index contributed by atoms with van der Waals surface area (Å²) >= 11 is 1.09. The number of benzene rings is 2. The number of thiophene rings is 1. The zero-order valence-corrected chi connectivity index (χ0v) is 18.6. The van der Waals surface area contributed by atoms with Crippen molar-refractivity contribution >= 4 is 37.2 Å². The van der Waals surface area contributed by atoms with E-state index in [2.05, 4.69) is 9.44 Å². The lowest BCUT2D eigenvalue weighted by Gasteiger charge is -2.19. The Bertz CT molecular complexity index is 1160. The van der Waals surface area contributed by atoms with Gasteiger partial charge in [-0.15, -0.1) is 11.3 Å². The number of hydrogen-bond donors (Lipinski definition) is 2. The second-order valence-corrected chi connectivity index (χ2v) is 11.0. The van der Waals surface area contributed by atoms with E-state index < -0.39 is 32.0 Å². The van der Waals surface area contributed by atoms with Crippen molar-refractivity contribution in [1.29, 1.82) is 0 Å². The molecule has 0 amide bonds. The molecule has 2 N–H and O–H groups in total. The summed E-state index contributed by atoms with van der Waals surface area (Å²) in [5.74, 6) is -0.698. The van der Waals surface area contributed by atoms with Gasteiger partial charge in [-0.25, -0.2) is 16.8 Å².